The summed E-state index contributed by atoms with van der Waals surface area (Å²) in [5.74, 6) is 1.15. The van der Waals surface area contributed by atoms with E-state index in [2.05, 4.69) is 18.7 Å². The number of piperazine rings is 1. The van der Waals surface area contributed by atoms with Crippen LogP contribution in [0, 0.1) is 5.82 Å². The average molecular weight is 461 g/mol. The average Bonchev–Trinajstić information content (AvgIpc) is 3.27. The summed E-state index contributed by atoms with van der Waals surface area (Å²) in [6, 6.07) is 7.89. The molecule has 0 radical (unpaired) electrons. The number of nitrogens with two attached hydrogens (primary N) is 2. The Labute approximate surface area is 189 Å². The molecule has 0 spiro atoms. The van der Waals surface area contributed by atoms with Crippen LogP contribution in [0.4, 0.5) is 21.0 Å². The van der Waals surface area contributed by atoms with Gasteiger partial charge in [0.05, 0.1) is 17.4 Å². The molecule has 1 aliphatic heterocycles. The number of rotatable bonds is 5. The van der Waals surface area contributed by atoms with E-state index in [9.17, 15) is 9.18 Å². The molecule has 170 valence electrons. The minimum atomic E-state index is -0.404. The first-order valence-corrected chi connectivity index (χ1v) is 10.8. The van der Waals surface area contributed by atoms with Gasteiger partial charge in [-0.05, 0) is 30.2 Å². The summed E-state index contributed by atoms with van der Waals surface area (Å²) in [6.45, 7) is 4.64. The SMILES string of the molecule is CCc1ccc(F)cc1.NC(=O)N1CCN(c2nsnc2OCc2ccnc(N)n2)CC1. The summed E-state index contributed by atoms with van der Waals surface area (Å²) in [7, 11) is 0. The number of carbonyl (C=O) groups is 1. The Morgan fingerprint density at radius 3 is 2.50 bits per heavy atom. The lowest BCUT2D eigenvalue weighted by Crippen LogP contribution is -2.50. The topological polar surface area (TPSA) is 136 Å². The van der Waals surface area contributed by atoms with E-state index in [1.807, 2.05) is 11.8 Å². The van der Waals surface area contributed by atoms with Crippen molar-refractivity contribution >= 4 is 29.5 Å². The highest BCUT2D eigenvalue weighted by Crippen LogP contribution is 2.27. The van der Waals surface area contributed by atoms with Gasteiger partial charge < -0.3 is 26.0 Å². The van der Waals surface area contributed by atoms with E-state index in [1.165, 1.54) is 17.7 Å². The van der Waals surface area contributed by atoms with Crippen molar-refractivity contribution < 1.29 is 13.9 Å². The van der Waals surface area contributed by atoms with Gasteiger partial charge in [0.1, 0.15) is 12.4 Å². The Balaban J connectivity index is 0.000000269. The first-order chi connectivity index (χ1) is 15.5. The normalized spacial score (nSPS) is 13.3. The van der Waals surface area contributed by atoms with Gasteiger partial charge in [0.25, 0.3) is 5.88 Å². The predicted molar refractivity (Wildman–Crippen MR) is 120 cm³/mol. The zero-order chi connectivity index (χ0) is 22.9. The second-order valence-corrected chi connectivity index (χ2v) is 7.41. The van der Waals surface area contributed by atoms with Crippen LogP contribution in [0.25, 0.3) is 0 Å². The van der Waals surface area contributed by atoms with Gasteiger partial charge in [-0.25, -0.2) is 19.2 Å². The van der Waals surface area contributed by atoms with Crippen molar-refractivity contribution in [3.05, 3.63) is 53.6 Å². The molecular weight excluding hydrogens is 435 g/mol. The smallest absolute Gasteiger partial charge is 0.314 e. The molecule has 2 amide bonds. The van der Waals surface area contributed by atoms with Crippen LogP contribution in [0.1, 0.15) is 18.2 Å². The Morgan fingerprint density at radius 1 is 1.16 bits per heavy atom. The second kappa shape index (κ2) is 11.2. The first kappa shape index (κ1) is 23.1. The van der Waals surface area contributed by atoms with Crippen LogP contribution in [0.3, 0.4) is 0 Å². The van der Waals surface area contributed by atoms with Gasteiger partial charge >= 0.3 is 6.03 Å². The number of anilines is 2. The van der Waals surface area contributed by atoms with Gasteiger partial charge in [-0.3, -0.25) is 0 Å². The van der Waals surface area contributed by atoms with Crippen LogP contribution < -0.4 is 21.1 Å². The third-order valence-electron chi connectivity index (χ3n) is 4.74. The maximum atomic E-state index is 12.2. The fraction of sp³-hybridized carbons (Fsp3) is 0.350. The predicted octanol–water partition coefficient (Wildman–Crippen LogP) is 2.08. The summed E-state index contributed by atoms with van der Waals surface area (Å²) in [5.41, 5.74) is 12.7. The zero-order valence-corrected chi connectivity index (χ0v) is 18.5. The van der Waals surface area contributed by atoms with Crippen molar-refractivity contribution in [2.75, 3.05) is 36.8 Å². The number of carbonyl (C=O) groups excluding carboxylic acids is 1. The number of halogens is 1. The second-order valence-electron chi connectivity index (χ2n) is 6.88. The molecule has 2 aromatic heterocycles. The van der Waals surface area contributed by atoms with Gasteiger partial charge in [0.15, 0.2) is 0 Å². The van der Waals surface area contributed by atoms with Gasteiger partial charge in [0, 0.05) is 32.4 Å². The molecule has 0 unspecified atom stereocenters. The monoisotopic (exact) mass is 460 g/mol. The largest absolute Gasteiger partial charge is 0.468 e. The van der Waals surface area contributed by atoms with E-state index >= 15 is 0 Å². The van der Waals surface area contributed by atoms with Crippen LogP contribution >= 0.6 is 11.7 Å². The lowest BCUT2D eigenvalue weighted by atomic mass is 10.2. The van der Waals surface area contributed by atoms with E-state index < -0.39 is 6.03 Å². The zero-order valence-electron chi connectivity index (χ0n) is 17.6. The van der Waals surface area contributed by atoms with Crippen LogP contribution in [0.5, 0.6) is 5.88 Å². The van der Waals surface area contributed by atoms with Crippen molar-refractivity contribution in [3.63, 3.8) is 0 Å². The van der Waals surface area contributed by atoms with E-state index in [4.69, 9.17) is 16.2 Å². The van der Waals surface area contributed by atoms with E-state index in [0.717, 1.165) is 18.1 Å². The lowest BCUT2D eigenvalue weighted by Gasteiger charge is -2.33. The number of urea groups is 1. The van der Waals surface area contributed by atoms with E-state index in [0.29, 0.717) is 43.6 Å². The number of primary amides is 1. The Kier molecular flexibility index (Phi) is 8.08. The summed E-state index contributed by atoms with van der Waals surface area (Å²) in [6.07, 6.45) is 2.55. The van der Waals surface area contributed by atoms with Crippen molar-refractivity contribution in [3.8, 4) is 5.88 Å². The molecule has 0 atom stereocenters. The molecule has 4 rings (SSSR count). The standard InChI is InChI=1S/C12H16N8O2S.C8H9F/c13-11-15-2-1-8(16-11)7-22-10-9(17-23-18-10)19-3-5-20(6-4-19)12(14)21;1-2-7-3-5-8(9)6-4-7/h1-2H,3-7H2,(H2,14,21)(H2,13,15,16);3-6H,2H2,1H3. The number of nitrogen functional groups attached to an aromatic ring is 1. The van der Waals surface area contributed by atoms with Gasteiger partial charge in [0.2, 0.25) is 11.8 Å². The molecule has 0 aliphatic carbocycles. The molecule has 4 N–H and O–H groups in total. The molecular formula is C20H25FN8O2S. The van der Waals surface area contributed by atoms with Gasteiger partial charge in [-0.1, -0.05) is 19.1 Å². The number of hydrogen-bond acceptors (Lipinski definition) is 9. The van der Waals surface area contributed by atoms with Gasteiger partial charge in [-0.2, -0.15) is 4.37 Å². The highest BCUT2D eigenvalue weighted by Gasteiger charge is 2.24. The molecule has 0 saturated carbocycles. The number of hydrogen-bond donors (Lipinski definition) is 2. The fourth-order valence-corrected chi connectivity index (χ4v) is 3.47. The van der Waals surface area contributed by atoms with Crippen molar-refractivity contribution in [2.45, 2.75) is 20.0 Å². The number of benzene rings is 1. The summed E-state index contributed by atoms with van der Waals surface area (Å²) < 4.78 is 26.4. The Hall–Kier alpha value is -3.54. The molecule has 1 aromatic carbocycles. The number of ether oxygens (including phenoxy) is 1. The summed E-state index contributed by atoms with van der Waals surface area (Å²) in [4.78, 5) is 22.7. The van der Waals surface area contributed by atoms with Crippen molar-refractivity contribution in [2.24, 2.45) is 5.73 Å². The molecule has 10 nitrogen and oxygen atoms in total. The molecule has 1 saturated heterocycles. The van der Waals surface area contributed by atoms with Gasteiger partial charge in [-0.15, -0.1) is 4.37 Å². The molecule has 1 aliphatic rings. The molecule has 1 fully saturated rings. The number of aryl methyl sites for hydroxylation is 1. The highest BCUT2D eigenvalue weighted by molar-refractivity contribution is 6.99. The number of amides is 2. The van der Waals surface area contributed by atoms with Crippen LogP contribution in [-0.4, -0.2) is 55.8 Å². The van der Waals surface area contributed by atoms with Crippen molar-refractivity contribution in [1.82, 2.24) is 23.6 Å². The minimum absolute atomic E-state index is 0.160. The molecule has 32 heavy (non-hydrogen) atoms. The molecule has 0 bridgehead atoms. The molecule has 3 heterocycles. The Bertz CT molecular complexity index is 1010. The third kappa shape index (κ3) is 6.48. The quantitative estimate of drug-likeness (QED) is 0.590. The maximum Gasteiger partial charge on any atom is 0.314 e. The third-order valence-corrected chi connectivity index (χ3v) is 5.25. The molecule has 12 heteroatoms. The number of aromatic nitrogens is 4. The number of nitrogens with zero attached hydrogens (tertiary/aromatic N) is 6. The minimum Gasteiger partial charge on any atom is -0.468 e. The molecule has 3 aromatic rings. The van der Waals surface area contributed by atoms with Crippen LogP contribution in [0.2, 0.25) is 0 Å². The fourth-order valence-electron chi connectivity index (χ4n) is 2.95. The van der Waals surface area contributed by atoms with Crippen molar-refractivity contribution in [1.29, 1.82) is 0 Å². The summed E-state index contributed by atoms with van der Waals surface area (Å²) >= 11 is 1.08. The Morgan fingerprint density at radius 2 is 1.88 bits per heavy atom. The van der Waals surface area contributed by atoms with E-state index in [1.54, 1.807) is 29.3 Å². The highest BCUT2D eigenvalue weighted by atomic mass is 32.1. The van der Waals surface area contributed by atoms with Crippen LogP contribution in [0.15, 0.2) is 36.5 Å². The summed E-state index contributed by atoms with van der Waals surface area (Å²) in [5, 5.41) is 0. The lowest BCUT2D eigenvalue weighted by molar-refractivity contribution is 0.203. The van der Waals surface area contributed by atoms with E-state index in [-0.39, 0.29) is 18.4 Å². The first-order valence-electron chi connectivity index (χ1n) is 10.0. The maximum absolute atomic E-state index is 12.2. The van der Waals surface area contributed by atoms with Crippen LogP contribution in [-0.2, 0) is 13.0 Å².